The summed E-state index contributed by atoms with van der Waals surface area (Å²) < 4.78 is 0. The number of hydrogen-bond donors (Lipinski definition) is 3. The molecule has 0 saturated carbocycles. The molecule has 2 aromatic rings. The number of para-hydroxylation sites is 1. The zero-order valence-electron chi connectivity index (χ0n) is 16.4. The Balaban J connectivity index is 1.63. The Labute approximate surface area is 178 Å². The van der Waals surface area contributed by atoms with Crippen molar-refractivity contribution < 1.29 is 19.2 Å². The van der Waals surface area contributed by atoms with Crippen molar-refractivity contribution in [1.29, 1.82) is 0 Å². The first-order valence-electron chi connectivity index (χ1n) is 9.75. The van der Waals surface area contributed by atoms with Gasteiger partial charge in [-0.1, -0.05) is 18.2 Å². The summed E-state index contributed by atoms with van der Waals surface area (Å²) in [5, 5.41) is 7.30. The van der Waals surface area contributed by atoms with Crippen molar-refractivity contribution in [3.63, 3.8) is 0 Å². The average molecular weight is 429 g/mol. The molecule has 3 rings (SSSR count). The van der Waals surface area contributed by atoms with Gasteiger partial charge in [-0.25, -0.2) is 0 Å². The summed E-state index contributed by atoms with van der Waals surface area (Å²) >= 11 is 1.39. The highest BCUT2D eigenvalue weighted by Gasteiger charge is 2.29. The second-order valence-electron chi connectivity index (χ2n) is 7.07. The lowest BCUT2D eigenvalue weighted by atomic mass is 9.96. The van der Waals surface area contributed by atoms with Crippen LogP contribution in [0.1, 0.15) is 39.3 Å². The number of likely N-dealkylation sites (tertiary alicyclic amines) is 1. The number of hydrogen-bond acceptors (Lipinski definition) is 5. The van der Waals surface area contributed by atoms with Gasteiger partial charge in [0.25, 0.3) is 11.8 Å². The van der Waals surface area contributed by atoms with E-state index in [4.69, 9.17) is 5.73 Å². The predicted octanol–water partition coefficient (Wildman–Crippen LogP) is 1.84. The maximum absolute atomic E-state index is 12.9. The Morgan fingerprint density at radius 2 is 1.93 bits per heavy atom. The number of carbonyl (C=O) groups is 4. The summed E-state index contributed by atoms with van der Waals surface area (Å²) in [5.74, 6) is -1.54. The fraction of sp³-hybridized carbons (Fsp3) is 0.333. The number of carbonyl (C=O) groups excluding carboxylic acids is 4. The van der Waals surface area contributed by atoms with Crippen LogP contribution in [-0.2, 0) is 9.59 Å². The number of amides is 4. The molecule has 1 unspecified atom stereocenters. The summed E-state index contributed by atoms with van der Waals surface area (Å²) in [6.07, 6.45) is 1.45. The number of nitrogens with one attached hydrogen (secondary N) is 2. The number of nitrogens with zero attached hydrogens (tertiary/aromatic N) is 1. The van der Waals surface area contributed by atoms with Gasteiger partial charge in [0.15, 0.2) is 0 Å². The van der Waals surface area contributed by atoms with Crippen molar-refractivity contribution in [3.8, 4) is 0 Å². The number of benzene rings is 1. The molecule has 1 aromatic carbocycles. The minimum atomic E-state index is -0.504. The van der Waals surface area contributed by atoms with Crippen molar-refractivity contribution in [2.75, 3.05) is 25.0 Å². The van der Waals surface area contributed by atoms with Crippen molar-refractivity contribution in [3.05, 3.63) is 52.2 Å². The highest BCUT2D eigenvalue weighted by Crippen LogP contribution is 2.23. The van der Waals surface area contributed by atoms with E-state index in [1.807, 2.05) is 11.4 Å². The molecule has 1 atom stereocenters. The van der Waals surface area contributed by atoms with Gasteiger partial charge in [-0.3, -0.25) is 19.2 Å². The molecule has 1 saturated heterocycles. The lowest BCUT2D eigenvalue weighted by molar-refractivity contribution is -0.121. The van der Waals surface area contributed by atoms with E-state index in [-0.39, 0.29) is 30.7 Å². The third-order valence-corrected chi connectivity index (χ3v) is 5.76. The molecule has 0 aliphatic carbocycles. The normalized spacial score (nSPS) is 16.0. The molecule has 0 radical (unpaired) electrons. The molecule has 1 aromatic heterocycles. The molecular weight excluding hydrogens is 404 g/mol. The Hall–Kier alpha value is -3.20. The second-order valence-corrected chi connectivity index (χ2v) is 8.02. The number of nitrogens with two attached hydrogens (primary N) is 1. The average Bonchev–Trinajstić information content (AvgIpc) is 3.28. The molecular formula is C21H24N4O4S. The van der Waals surface area contributed by atoms with Crippen LogP contribution in [0.25, 0.3) is 0 Å². The highest BCUT2D eigenvalue weighted by atomic mass is 32.1. The molecule has 8 nitrogen and oxygen atoms in total. The van der Waals surface area contributed by atoms with E-state index >= 15 is 0 Å². The maximum atomic E-state index is 12.9. The SMILES string of the molecule is NC(=O)CCNC(=O)c1ccccc1NC(=O)C1CCCN(C(=O)c2cccs2)C1. The predicted molar refractivity (Wildman–Crippen MR) is 114 cm³/mol. The van der Waals surface area contributed by atoms with Crippen molar-refractivity contribution in [2.24, 2.45) is 11.7 Å². The zero-order chi connectivity index (χ0) is 21.5. The van der Waals surface area contributed by atoms with Gasteiger partial charge in [-0.2, -0.15) is 0 Å². The van der Waals surface area contributed by atoms with Crippen LogP contribution in [0.3, 0.4) is 0 Å². The molecule has 4 N–H and O–H groups in total. The van der Waals surface area contributed by atoms with Crippen LogP contribution >= 0.6 is 11.3 Å². The summed E-state index contributed by atoms with van der Waals surface area (Å²) in [6, 6.07) is 10.3. The lowest BCUT2D eigenvalue weighted by Gasteiger charge is -2.32. The van der Waals surface area contributed by atoms with Crippen LogP contribution in [0.2, 0.25) is 0 Å². The number of primary amides is 1. The first-order valence-corrected chi connectivity index (χ1v) is 10.6. The molecule has 158 valence electrons. The fourth-order valence-electron chi connectivity index (χ4n) is 3.35. The van der Waals surface area contributed by atoms with Crippen molar-refractivity contribution in [2.45, 2.75) is 19.3 Å². The summed E-state index contributed by atoms with van der Waals surface area (Å²) in [5.41, 5.74) is 5.78. The van der Waals surface area contributed by atoms with E-state index in [1.165, 1.54) is 11.3 Å². The smallest absolute Gasteiger partial charge is 0.263 e. The number of anilines is 1. The van der Waals surface area contributed by atoms with Gasteiger partial charge in [0, 0.05) is 26.1 Å². The van der Waals surface area contributed by atoms with E-state index in [2.05, 4.69) is 10.6 Å². The Bertz CT molecular complexity index is 929. The quantitative estimate of drug-likeness (QED) is 0.623. The van der Waals surface area contributed by atoms with E-state index < -0.39 is 11.8 Å². The summed E-state index contributed by atoms with van der Waals surface area (Å²) in [4.78, 5) is 51.1. The van der Waals surface area contributed by atoms with Gasteiger partial charge in [-0.15, -0.1) is 11.3 Å². The van der Waals surface area contributed by atoms with E-state index in [0.717, 1.165) is 6.42 Å². The molecule has 0 spiro atoms. The first-order chi connectivity index (χ1) is 14.5. The van der Waals surface area contributed by atoms with Crippen LogP contribution in [0, 0.1) is 5.92 Å². The summed E-state index contributed by atoms with van der Waals surface area (Å²) in [7, 11) is 0. The van der Waals surface area contributed by atoms with Gasteiger partial charge in [-0.05, 0) is 36.4 Å². The Morgan fingerprint density at radius 1 is 1.13 bits per heavy atom. The molecule has 9 heteroatoms. The second kappa shape index (κ2) is 10.0. The molecule has 1 aliphatic rings. The minimum absolute atomic E-state index is 0.0381. The Morgan fingerprint density at radius 3 is 2.67 bits per heavy atom. The minimum Gasteiger partial charge on any atom is -0.370 e. The van der Waals surface area contributed by atoms with E-state index in [1.54, 1.807) is 35.2 Å². The fourth-order valence-corrected chi connectivity index (χ4v) is 4.04. The number of piperidine rings is 1. The van der Waals surface area contributed by atoms with Crippen LogP contribution < -0.4 is 16.4 Å². The molecule has 30 heavy (non-hydrogen) atoms. The molecule has 1 fully saturated rings. The number of rotatable bonds is 7. The van der Waals surface area contributed by atoms with Crippen LogP contribution in [0.4, 0.5) is 5.69 Å². The zero-order valence-corrected chi connectivity index (χ0v) is 17.2. The van der Waals surface area contributed by atoms with Crippen LogP contribution in [0.5, 0.6) is 0 Å². The van der Waals surface area contributed by atoms with Crippen molar-refractivity contribution >= 4 is 40.7 Å². The van der Waals surface area contributed by atoms with E-state index in [9.17, 15) is 19.2 Å². The number of thiophene rings is 1. The van der Waals surface area contributed by atoms with Crippen molar-refractivity contribution in [1.82, 2.24) is 10.2 Å². The van der Waals surface area contributed by atoms with Gasteiger partial charge < -0.3 is 21.3 Å². The van der Waals surface area contributed by atoms with Crippen LogP contribution in [-0.4, -0.2) is 48.2 Å². The van der Waals surface area contributed by atoms with Gasteiger partial charge in [0.2, 0.25) is 11.8 Å². The molecule has 1 aliphatic heterocycles. The molecule has 2 heterocycles. The largest absolute Gasteiger partial charge is 0.370 e. The Kier molecular flexibility index (Phi) is 7.18. The van der Waals surface area contributed by atoms with Gasteiger partial charge >= 0.3 is 0 Å². The standard InChI is InChI=1S/C21H24N4O4S/c22-18(26)9-10-23-20(28)15-6-1-2-7-16(15)24-19(27)14-5-3-11-25(13-14)21(29)17-8-4-12-30-17/h1-2,4,6-8,12,14H,3,5,9-11,13H2,(H2,22,26)(H,23,28)(H,24,27). The summed E-state index contributed by atoms with van der Waals surface area (Å²) in [6.45, 7) is 1.09. The molecule has 4 amide bonds. The topological polar surface area (TPSA) is 122 Å². The third kappa shape index (κ3) is 5.44. The third-order valence-electron chi connectivity index (χ3n) is 4.90. The van der Waals surface area contributed by atoms with Gasteiger partial charge in [0.1, 0.15) is 0 Å². The lowest BCUT2D eigenvalue weighted by Crippen LogP contribution is -2.43. The highest BCUT2D eigenvalue weighted by molar-refractivity contribution is 7.12. The van der Waals surface area contributed by atoms with Gasteiger partial charge in [0.05, 0.1) is 22.0 Å². The monoisotopic (exact) mass is 428 g/mol. The maximum Gasteiger partial charge on any atom is 0.263 e. The first kappa shape index (κ1) is 21.5. The van der Waals surface area contributed by atoms with Crippen LogP contribution in [0.15, 0.2) is 41.8 Å². The van der Waals surface area contributed by atoms with E-state index in [0.29, 0.717) is 35.6 Å². The molecule has 0 bridgehead atoms.